The number of ether oxygens (including phenoxy) is 1. The molecule has 4 rings (SSSR count). The van der Waals surface area contributed by atoms with Gasteiger partial charge in [-0.2, -0.15) is 4.98 Å². The third-order valence-electron chi connectivity index (χ3n) is 3.87. The minimum Gasteiger partial charge on any atom is -0.493 e. The molecule has 0 aliphatic rings. The number of rotatable bonds is 6. The number of hydrogen-bond donors (Lipinski definition) is 0. The van der Waals surface area contributed by atoms with Crippen molar-refractivity contribution in [2.24, 2.45) is 0 Å². The zero-order chi connectivity index (χ0) is 18.6. The van der Waals surface area contributed by atoms with Crippen LogP contribution in [0.25, 0.3) is 23.0 Å². The van der Waals surface area contributed by atoms with Gasteiger partial charge < -0.3 is 9.26 Å². The van der Waals surface area contributed by atoms with E-state index in [1.807, 2.05) is 31.2 Å². The average Bonchev–Trinajstić information content (AvgIpc) is 3.34. The van der Waals surface area contributed by atoms with Crippen molar-refractivity contribution in [2.45, 2.75) is 13.5 Å². The van der Waals surface area contributed by atoms with Crippen LogP contribution in [0.5, 0.6) is 5.75 Å². The van der Waals surface area contributed by atoms with Crippen LogP contribution < -0.4 is 4.74 Å². The molecule has 2 aromatic heterocycles. The molecule has 0 saturated heterocycles. The molecule has 2 heterocycles. The Morgan fingerprint density at radius 3 is 2.74 bits per heavy atom. The lowest BCUT2D eigenvalue weighted by molar-refractivity contribution is 0.339. The molecule has 0 atom stereocenters. The Labute approximate surface area is 154 Å². The third kappa shape index (κ3) is 3.69. The molecule has 7 nitrogen and oxygen atoms in total. The molecule has 0 spiro atoms. The van der Waals surface area contributed by atoms with E-state index in [-0.39, 0.29) is 5.82 Å². The van der Waals surface area contributed by atoms with Crippen LogP contribution in [0.15, 0.2) is 59.3 Å². The van der Waals surface area contributed by atoms with Crippen molar-refractivity contribution in [3.8, 4) is 28.7 Å². The van der Waals surface area contributed by atoms with Crippen LogP contribution in [0, 0.1) is 5.82 Å². The lowest BCUT2D eigenvalue weighted by Gasteiger charge is -2.05. The first kappa shape index (κ1) is 16.9. The van der Waals surface area contributed by atoms with Gasteiger partial charge in [0.2, 0.25) is 5.82 Å². The molecule has 27 heavy (non-hydrogen) atoms. The van der Waals surface area contributed by atoms with Gasteiger partial charge in [0.15, 0.2) is 5.69 Å². The molecule has 0 saturated carbocycles. The molecule has 0 fully saturated rings. The van der Waals surface area contributed by atoms with E-state index in [0.717, 1.165) is 11.1 Å². The average molecular weight is 365 g/mol. The summed E-state index contributed by atoms with van der Waals surface area (Å²) in [7, 11) is 0. The first-order chi connectivity index (χ1) is 13.2. The Bertz CT molecular complexity index is 1040. The third-order valence-corrected chi connectivity index (χ3v) is 3.87. The molecular formula is C19H16FN5O2. The number of hydrogen-bond acceptors (Lipinski definition) is 6. The van der Waals surface area contributed by atoms with Gasteiger partial charge in [-0.25, -0.2) is 9.07 Å². The zero-order valence-electron chi connectivity index (χ0n) is 14.5. The van der Waals surface area contributed by atoms with Gasteiger partial charge in [0.25, 0.3) is 5.89 Å². The standard InChI is InChI=1S/C19H16FN5O2/c1-2-26-17-6-4-3-5-15(17)19-21-18(23-27-19)16-12-25(24-22-16)11-13-7-9-14(20)10-8-13/h3-10,12H,2,11H2,1H3. The van der Waals surface area contributed by atoms with Gasteiger partial charge in [-0.05, 0) is 36.8 Å². The highest BCUT2D eigenvalue weighted by Gasteiger charge is 2.16. The maximum atomic E-state index is 13.0. The monoisotopic (exact) mass is 365 g/mol. The molecule has 136 valence electrons. The highest BCUT2D eigenvalue weighted by atomic mass is 19.1. The zero-order valence-corrected chi connectivity index (χ0v) is 14.5. The molecule has 0 aliphatic heterocycles. The number of para-hydroxylation sites is 1. The summed E-state index contributed by atoms with van der Waals surface area (Å²) < 4.78 is 25.6. The van der Waals surface area contributed by atoms with Gasteiger partial charge in [0.05, 0.1) is 24.9 Å². The Balaban J connectivity index is 1.56. The van der Waals surface area contributed by atoms with E-state index in [9.17, 15) is 4.39 Å². The van der Waals surface area contributed by atoms with Gasteiger partial charge in [-0.1, -0.05) is 34.6 Å². The molecule has 8 heteroatoms. The number of aromatic nitrogens is 5. The van der Waals surface area contributed by atoms with Gasteiger partial charge >= 0.3 is 0 Å². The van der Waals surface area contributed by atoms with Gasteiger partial charge in [0, 0.05) is 0 Å². The van der Waals surface area contributed by atoms with Crippen LogP contribution in [0.4, 0.5) is 4.39 Å². The van der Waals surface area contributed by atoms with Crippen LogP contribution in [0.1, 0.15) is 12.5 Å². The predicted molar refractivity (Wildman–Crippen MR) is 95.4 cm³/mol. The summed E-state index contributed by atoms with van der Waals surface area (Å²) in [5.41, 5.74) is 2.12. The quantitative estimate of drug-likeness (QED) is 0.520. The fourth-order valence-electron chi connectivity index (χ4n) is 2.62. The molecular weight excluding hydrogens is 349 g/mol. The second-order valence-electron chi connectivity index (χ2n) is 5.78. The van der Waals surface area contributed by atoms with Gasteiger partial charge in [-0.3, -0.25) is 0 Å². The Kier molecular flexibility index (Phi) is 4.61. The van der Waals surface area contributed by atoms with Gasteiger partial charge in [-0.15, -0.1) is 5.10 Å². The predicted octanol–water partition coefficient (Wildman–Crippen LogP) is 3.58. The normalized spacial score (nSPS) is 10.9. The summed E-state index contributed by atoms with van der Waals surface area (Å²) in [6, 6.07) is 13.7. The van der Waals surface area contributed by atoms with Crippen LogP contribution in [0.3, 0.4) is 0 Å². The smallest absolute Gasteiger partial charge is 0.262 e. The Morgan fingerprint density at radius 1 is 1.11 bits per heavy atom. The molecule has 4 aromatic rings. The first-order valence-corrected chi connectivity index (χ1v) is 8.44. The SMILES string of the molecule is CCOc1ccccc1-c1nc(-c2cn(Cc3ccc(F)cc3)nn2)no1. The van der Waals surface area contributed by atoms with Crippen molar-refractivity contribution in [2.75, 3.05) is 6.61 Å². The maximum absolute atomic E-state index is 13.0. The van der Waals surface area contributed by atoms with Crippen molar-refractivity contribution in [3.05, 3.63) is 66.1 Å². The number of nitrogens with zero attached hydrogens (tertiary/aromatic N) is 5. The molecule has 0 bridgehead atoms. The molecule has 0 N–H and O–H groups in total. The largest absolute Gasteiger partial charge is 0.493 e. The van der Waals surface area contributed by atoms with Crippen LogP contribution >= 0.6 is 0 Å². The topological polar surface area (TPSA) is 78.9 Å². The van der Waals surface area contributed by atoms with Crippen molar-refractivity contribution in [1.82, 2.24) is 25.1 Å². The number of halogens is 1. The lowest BCUT2D eigenvalue weighted by atomic mass is 10.2. The summed E-state index contributed by atoms with van der Waals surface area (Å²) in [5, 5.41) is 12.1. The summed E-state index contributed by atoms with van der Waals surface area (Å²) >= 11 is 0. The Hall–Kier alpha value is -3.55. The van der Waals surface area contributed by atoms with Crippen molar-refractivity contribution in [1.29, 1.82) is 0 Å². The minimum absolute atomic E-state index is 0.273. The fraction of sp³-hybridized carbons (Fsp3) is 0.158. The van der Waals surface area contributed by atoms with Crippen LogP contribution in [-0.2, 0) is 6.54 Å². The summed E-state index contributed by atoms with van der Waals surface area (Å²) in [4.78, 5) is 4.40. The fourth-order valence-corrected chi connectivity index (χ4v) is 2.62. The summed E-state index contributed by atoms with van der Waals surface area (Å²) in [6.45, 7) is 2.91. The van der Waals surface area contributed by atoms with E-state index in [0.29, 0.717) is 36.3 Å². The second kappa shape index (κ2) is 7.36. The molecule has 0 amide bonds. The number of benzene rings is 2. The maximum Gasteiger partial charge on any atom is 0.262 e. The van der Waals surface area contributed by atoms with E-state index in [1.54, 1.807) is 23.0 Å². The van der Waals surface area contributed by atoms with E-state index >= 15 is 0 Å². The molecule has 0 unspecified atom stereocenters. The van der Waals surface area contributed by atoms with Gasteiger partial charge in [0.1, 0.15) is 11.6 Å². The van der Waals surface area contributed by atoms with Crippen molar-refractivity contribution >= 4 is 0 Å². The van der Waals surface area contributed by atoms with Crippen LogP contribution in [-0.4, -0.2) is 31.7 Å². The molecule has 0 aliphatic carbocycles. The highest BCUT2D eigenvalue weighted by molar-refractivity contribution is 5.64. The second-order valence-corrected chi connectivity index (χ2v) is 5.78. The van der Waals surface area contributed by atoms with E-state index in [4.69, 9.17) is 9.26 Å². The highest BCUT2D eigenvalue weighted by Crippen LogP contribution is 2.29. The minimum atomic E-state index is -0.273. The molecule has 0 radical (unpaired) electrons. The van der Waals surface area contributed by atoms with E-state index in [2.05, 4.69) is 20.5 Å². The Morgan fingerprint density at radius 2 is 1.93 bits per heavy atom. The molecule has 2 aromatic carbocycles. The summed E-state index contributed by atoms with van der Waals surface area (Å²) in [5.74, 6) is 1.09. The van der Waals surface area contributed by atoms with E-state index in [1.165, 1.54) is 12.1 Å². The van der Waals surface area contributed by atoms with Crippen molar-refractivity contribution < 1.29 is 13.7 Å². The summed E-state index contributed by atoms with van der Waals surface area (Å²) in [6.07, 6.45) is 1.71. The lowest BCUT2D eigenvalue weighted by Crippen LogP contribution is -2.00. The van der Waals surface area contributed by atoms with Crippen molar-refractivity contribution in [3.63, 3.8) is 0 Å². The van der Waals surface area contributed by atoms with E-state index < -0.39 is 0 Å². The first-order valence-electron chi connectivity index (χ1n) is 8.44. The van der Waals surface area contributed by atoms with Crippen LogP contribution in [0.2, 0.25) is 0 Å².